The van der Waals surface area contributed by atoms with Gasteiger partial charge in [-0.1, -0.05) is 58.0 Å². The number of nitrogens with one attached hydrogen (secondary N) is 1. The zero-order valence-electron chi connectivity index (χ0n) is 22.4. The summed E-state index contributed by atoms with van der Waals surface area (Å²) in [6, 6.07) is 12.4. The number of alkyl halides is 3. The van der Waals surface area contributed by atoms with Crippen molar-refractivity contribution in [3.63, 3.8) is 0 Å². The second-order valence-electron chi connectivity index (χ2n) is 7.98. The van der Waals surface area contributed by atoms with Crippen LogP contribution >= 0.6 is 0 Å². The maximum absolute atomic E-state index is 13.1. The quantitative estimate of drug-likeness (QED) is 0.406. The summed E-state index contributed by atoms with van der Waals surface area (Å²) in [6.07, 6.45) is -1.19. The van der Waals surface area contributed by atoms with E-state index in [4.69, 9.17) is 10.5 Å². The smallest absolute Gasteiger partial charge is 0.378 e. The molecule has 0 aliphatic carbocycles. The summed E-state index contributed by atoms with van der Waals surface area (Å²) in [5, 5.41) is 2.87. The molecule has 1 amide bonds. The Hall–Kier alpha value is -3.43. The van der Waals surface area contributed by atoms with Crippen molar-refractivity contribution in [3.8, 4) is 11.1 Å². The summed E-state index contributed by atoms with van der Waals surface area (Å²) in [7, 11) is 0. The molecule has 2 heterocycles. The SMILES string of the molecule is CC.CC.NCc1ccc(C(F)(F)F)cc1-c1ccc(CNC(=O)c2cncc(N3CCOCC3)c2)cc1. The van der Waals surface area contributed by atoms with Crippen LogP contribution in [0.1, 0.15) is 54.7 Å². The number of rotatable bonds is 6. The number of amides is 1. The number of aromatic nitrogens is 1. The number of anilines is 1. The van der Waals surface area contributed by atoms with Crippen LogP contribution in [0.5, 0.6) is 0 Å². The first kappa shape index (κ1) is 30.8. The fourth-order valence-corrected chi connectivity index (χ4v) is 3.83. The topological polar surface area (TPSA) is 80.5 Å². The maximum atomic E-state index is 13.1. The molecule has 1 aliphatic heterocycles. The van der Waals surface area contributed by atoms with E-state index in [9.17, 15) is 18.0 Å². The number of ether oxygens (including phenoxy) is 1. The molecule has 1 aliphatic rings. The van der Waals surface area contributed by atoms with Gasteiger partial charge in [0.15, 0.2) is 0 Å². The summed E-state index contributed by atoms with van der Waals surface area (Å²) in [6.45, 7) is 11.2. The molecule has 0 bridgehead atoms. The normalized spacial score (nSPS) is 13.0. The average Bonchev–Trinajstić information content (AvgIpc) is 2.98. The molecule has 0 radical (unpaired) electrons. The Morgan fingerprint density at radius 1 is 1.00 bits per heavy atom. The molecule has 6 nitrogen and oxygen atoms in total. The van der Waals surface area contributed by atoms with E-state index in [0.29, 0.717) is 35.5 Å². The number of nitrogens with zero attached hydrogens (tertiary/aromatic N) is 2. The van der Waals surface area contributed by atoms with Gasteiger partial charge in [0.05, 0.1) is 36.2 Å². The Balaban J connectivity index is 0.00000121. The molecule has 1 saturated heterocycles. The van der Waals surface area contributed by atoms with E-state index in [1.165, 1.54) is 12.3 Å². The van der Waals surface area contributed by atoms with Gasteiger partial charge in [-0.3, -0.25) is 9.78 Å². The third kappa shape index (κ3) is 8.29. The van der Waals surface area contributed by atoms with Crippen LogP contribution in [0.25, 0.3) is 11.1 Å². The van der Waals surface area contributed by atoms with Gasteiger partial charge in [0.25, 0.3) is 5.91 Å². The third-order valence-corrected chi connectivity index (χ3v) is 5.74. The van der Waals surface area contributed by atoms with Crippen molar-refractivity contribution in [2.24, 2.45) is 5.73 Å². The van der Waals surface area contributed by atoms with E-state index in [2.05, 4.69) is 15.2 Å². The summed E-state index contributed by atoms with van der Waals surface area (Å²) in [4.78, 5) is 19.0. The third-order valence-electron chi connectivity index (χ3n) is 5.74. The standard InChI is InChI=1S/C25H25F3N4O2.2C2H6/c26-25(27,28)21-6-5-19(13-29)23(12-21)18-3-1-17(2-4-18)14-31-24(33)20-11-22(16-30-15-20)32-7-9-34-10-8-32;2*1-2/h1-6,11-12,15-16H,7-10,13-14,29H2,(H,31,33);2*1-2H3. The highest BCUT2D eigenvalue weighted by Gasteiger charge is 2.31. The number of pyridine rings is 1. The molecule has 38 heavy (non-hydrogen) atoms. The van der Waals surface area contributed by atoms with Crippen LogP contribution in [0.3, 0.4) is 0 Å². The van der Waals surface area contributed by atoms with Crippen LogP contribution in [-0.2, 0) is 24.0 Å². The monoisotopic (exact) mass is 530 g/mol. The molecule has 3 aromatic rings. The molecule has 206 valence electrons. The van der Waals surface area contributed by atoms with Gasteiger partial charge in [-0.15, -0.1) is 0 Å². The molecule has 0 saturated carbocycles. The number of morpholine rings is 1. The molecule has 3 N–H and O–H groups in total. The van der Waals surface area contributed by atoms with E-state index < -0.39 is 11.7 Å². The lowest BCUT2D eigenvalue weighted by Gasteiger charge is -2.28. The van der Waals surface area contributed by atoms with E-state index in [0.717, 1.165) is 36.5 Å². The first-order valence-electron chi connectivity index (χ1n) is 12.9. The first-order chi connectivity index (χ1) is 18.3. The van der Waals surface area contributed by atoms with Crippen LogP contribution < -0.4 is 16.0 Å². The number of halogens is 3. The first-order valence-corrected chi connectivity index (χ1v) is 12.9. The van der Waals surface area contributed by atoms with E-state index >= 15 is 0 Å². The van der Waals surface area contributed by atoms with Crippen LogP contribution in [-0.4, -0.2) is 37.2 Å². The molecular weight excluding hydrogens is 493 g/mol. The Bertz CT molecular complexity index is 1150. The fraction of sp³-hybridized carbons (Fsp3) is 0.379. The number of carbonyl (C=O) groups is 1. The molecule has 0 atom stereocenters. The molecular formula is C29H37F3N4O2. The van der Waals surface area contributed by atoms with Crippen LogP contribution in [0.4, 0.5) is 18.9 Å². The van der Waals surface area contributed by atoms with Crippen molar-refractivity contribution < 1.29 is 22.7 Å². The minimum atomic E-state index is -4.43. The summed E-state index contributed by atoms with van der Waals surface area (Å²) >= 11 is 0. The highest BCUT2D eigenvalue weighted by molar-refractivity contribution is 5.94. The van der Waals surface area contributed by atoms with Gasteiger partial charge in [0.1, 0.15) is 0 Å². The largest absolute Gasteiger partial charge is 0.416 e. The number of benzene rings is 2. The maximum Gasteiger partial charge on any atom is 0.416 e. The Morgan fingerprint density at radius 3 is 2.26 bits per heavy atom. The zero-order chi connectivity index (χ0) is 28.1. The second kappa shape index (κ2) is 15.1. The molecule has 4 rings (SSSR count). The van der Waals surface area contributed by atoms with E-state index in [1.807, 2.05) is 27.7 Å². The predicted octanol–water partition coefficient (Wildman–Crippen LogP) is 6.05. The van der Waals surface area contributed by atoms with Gasteiger partial charge in [0.2, 0.25) is 0 Å². The fourth-order valence-electron chi connectivity index (χ4n) is 3.83. The van der Waals surface area contributed by atoms with Crippen molar-refractivity contribution in [2.45, 2.75) is 47.0 Å². The average molecular weight is 531 g/mol. The highest BCUT2D eigenvalue weighted by Crippen LogP contribution is 2.34. The molecule has 9 heteroatoms. The van der Waals surface area contributed by atoms with Crippen molar-refractivity contribution in [1.29, 1.82) is 0 Å². The van der Waals surface area contributed by atoms with Crippen molar-refractivity contribution >= 4 is 11.6 Å². The minimum absolute atomic E-state index is 0.128. The number of hydrogen-bond donors (Lipinski definition) is 2. The lowest BCUT2D eigenvalue weighted by molar-refractivity contribution is -0.137. The summed E-state index contributed by atoms with van der Waals surface area (Å²) < 4.78 is 44.8. The van der Waals surface area contributed by atoms with Gasteiger partial charge in [-0.05, 0) is 40.5 Å². The molecule has 2 aromatic carbocycles. The van der Waals surface area contributed by atoms with Crippen LogP contribution in [0, 0.1) is 0 Å². The lowest BCUT2D eigenvalue weighted by atomic mass is 9.96. The van der Waals surface area contributed by atoms with Gasteiger partial charge in [-0.25, -0.2) is 0 Å². The zero-order valence-corrected chi connectivity index (χ0v) is 22.4. The molecule has 0 spiro atoms. The minimum Gasteiger partial charge on any atom is -0.378 e. The van der Waals surface area contributed by atoms with E-state index in [1.54, 1.807) is 36.5 Å². The molecule has 1 aromatic heterocycles. The van der Waals surface area contributed by atoms with Gasteiger partial charge < -0.3 is 20.7 Å². The second-order valence-corrected chi connectivity index (χ2v) is 7.98. The van der Waals surface area contributed by atoms with Crippen LogP contribution in [0.15, 0.2) is 60.9 Å². The molecule has 0 unspecified atom stereocenters. The number of carbonyl (C=O) groups excluding carboxylic acids is 1. The van der Waals surface area contributed by atoms with Gasteiger partial charge in [-0.2, -0.15) is 13.2 Å². The summed E-state index contributed by atoms with van der Waals surface area (Å²) in [5.74, 6) is -0.255. The molecule has 1 fully saturated rings. The van der Waals surface area contributed by atoms with Crippen molar-refractivity contribution in [2.75, 3.05) is 31.2 Å². The number of hydrogen-bond acceptors (Lipinski definition) is 5. The number of nitrogens with two attached hydrogens (primary N) is 1. The van der Waals surface area contributed by atoms with Gasteiger partial charge >= 0.3 is 6.18 Å². The Labute approximate surface area is 223 Å². The van der Waals surface area contributed by atoms with Crippen LogP contribution in [0.2, 0.25) is 0 Å². The van der Waals surface area contributed by atoms with Gasteiger partial charge in [0, 0.05) is 32.4 Å². The summed E-state index contributed by atoms with van der Waals surface area (Å²) in [5.41, 5.74) is 8.85. The Kier molecular flexibility index (Phi) is 12.2. The Morgan fingerprint density at radius 2 is 1.66 bits per heavy atom. The lowest BCUT2D eigenvalue weighted by Crippen LogP contribution is -2.36. The van der Waals surface area contributed by atoms with Crippen molar-refractivity contribution in [1.82, 2.24) is 10.3 Å². The predicted molar refractivity (Wildman–Crippen MR) is 146 cm³/mol. The van der Waals surface area contributed by atoms with Crippen molar-refractivity contribution in [3.05, 3.63) is 83.2 Å². The highest BCUT2D eigenvalue weighted by atomic mass is 19.4. The van der Waals surface area contributed by atoms with E-state index in [-0.39, 0.29) is 19.0 Å².